The van der Waals surface area contributed by atoms with Crippen molar-refractivity contribution in [2.75, 3.05) is 0 Å². The summed E-state index contributed by atoms with van der Waals surface area (Å²) in [5.41, 5.74) is 0.581. The van der Waals surface area contributed by atoms with E-state index in [1.165, 1.54) is 11.2 Å². The highest BCUT2D eigenvalue weighted by Gasteiger charge is 2.47. The van der Waals surface area contributed by atoms with Crippen molar-refractivity contribution in [2.45, 2.75) is 38.8 Å². The van der Waals surface area contributed by atoms with E-state index in [0.29, 0.717) is 18.0 Å². The van der Waals surface area contributed by atoms with E-state index in [9.17, 15) is 9.59 Å². The standard InChI is InChI=1S/C17H19N3O3/c1-3-9-17(2)15(21)20(16(22)19-17)10-13-11-23-14(18-13)12-7-5-4-6-8-12/h4-8,11H,3,9-10H2,1-2H3,(H,19,22)/t17-/m1/s1. The van der Waals surface area contributed by atoms with Gasteiger partial charge < -0.3 is 9.73 Å². The van der Waals surface area contributed by atoms with E-state index >= 15 is 0 Å². The number of hydrogen-bond donors (Lipinski definition) is 1. The van der Waals surface area contributed by atoms with Crippen LogP contribution in [0, 0.1) is 0 Å². The van der Waals surface area contributed by atoms with Gasteiger partial charge in [-0.15, -0.1) is 0 Å². The van der Waals surface area contributed by atoms with E-state index < -0.39 is 5.54 Å². The highest BCUT2D eigenvalue weighted by Crippen LogP contribution is 2.25. The highest BCUT2D eigenvalue weighted by atomic mass is 16.3. The van der Waals surface area contributed by atoms with E-state index in [1.54, 1.807) is 6.92 Å². The van der Waals surface area contributed by atoms with Crippen molar-refractivity contribution in [3.8, 4) is 11.5 Å². The van der Waals surface area contributed by atoms with Gasteiger partial charge >= 0.3 is 6.03 Å². The van der Waals surface area contributed by atoms with Crippen molar-refractivity contribution in [1.82, 2.24) is 15.2 Å². The van der Waals surface area contributed by atoms with E-state index in [0.717, 1.165) is 12.0 Å². The lowest BCUT2D eigenvalue weighted by atomic mass is 9.96. The molecule has 0 spiro atoms. The molecule has 3 rings (SSSR count). The van der Waals surface area contributed by atoms with Crippen LogP contribution < -0.4 is 5.32 Å². The fraction of sp³-hybridized carbons (Fsp3) is 0.353. The monoisotopic (exact) mass is 313 g/mol. The zero-order chi connectivity index (χ0) is 16.4. The Bertz CT molecular complexity index is 726. The van der Waals surface area contributed by atoms with Crippen molar-refractivity contribution in [2.24, 2.45) is 0 Å². The first-order chi connectivity index (χ1) is 11.0. The Kier molecular flexibility index (Phi) is 3.90. The van der Waals surface area contributed by atoms with Gasteiger partial charge in [-0.1, -0.05) is 31.5 Å². The number of carbonyl (C=O) groups excluding carboxylic acids is 2. The summed E-state index contributed by atoms with van der Waals surface area (Å²) in [6.45, 7) is 3.85. The lowest BCUT2D eigenvalue weighted by Crippen LogP contribution is -2.43. The van der Waals surface area contributed by atoms with E-state index in [4.69, 9.17) is 4.42 Å². The van der Waals surface area contributed by atoms with Gasteiger partial charge in [-0.05, 0) is 25.5 Å². The third-order valence-corrected chi connectivity index (χ3v) is 3.99. The molecule has 0 bridgehead atoms. The van der Waals surface area contributed by atoms with E-state index in [1.807, 2.05) is 37.3 Å². The average molecular weight is 313 g/mol. The van der Waals surface area contributed by atoms with Gasteiger partial charge in [0, 0.05) is 5.56 Å². The fourth-order valence-corrected chi connectivity index (χ4v) is 2.82. The van der Waals surface area contributed by atoms with Gasteiger partial charge in [-0.2, -0.15) is 0 Å². The number of oxazole rings is 1. The molecule has 0 unspecified atom stereocenters. The number of carbonyl (C=O) groups is 2. The average Bonchev–Trinajstić information content (AvgIpc) is 3.08. The lowest BCUT2D eigenvalue weighted by Gasteiger charge is -2.20. The van der Waals surface area contributed by atoms with Gasteiger partial charge in [0.05, 0.1) is 12.2 Å². The molecule has 120 valence electrons. The first-order valence-electron chi connectivity index (χ1n) is 7.67. The van der Waals surface area contributed by atoms with Gasteiger partial charge in [-0.25, -0.2) is 9.78 Å². The zero-order valence-corrected chi connectivity index (χ0v) is 13.2. The first kappa shape index (κ1) is 15.3. The quantitative estimate of drug-likeness (QED) is 0.861. The molecule has 3 amide bonds. The highest BCUT2D eigenvalue weighted by molar-refractivity contribution is 6.06. The summed E-state index contributed by atoms with van der Waals surface area (Å²) in [6.07, 6.45) is 2.92. The van der Waals surface area contributed by atoms with E-state index in [-0.39, 0.29) is 18.5 Å². The molecule has 1 atom stereocenters. The molecular formula is C17H19N3O3. The van der Waals surface area contributed by atoms with Crippen molar-refractivity contribution < 1.29 is 14.0 Å². The number of rotatable bonds is 5. The van der Waals surface area contributed by atoms with Gasteiger partial charge in [-0.3, -0.25) is 9.69 Å². The smallest absolute Gasteiger partial charge is 0.325 e. The first-order valence-corrected chi connectivity index (χ1v) is 7.67. The minimum absolute atomic E-state index is 0.111. The van der Waals surface area contributed by atoms with Crippen LogP contribution in [-0.4, -0.2) is 27.4 Å². The molecule has 1 fully saturated rings. The summed E-state index contributed by atoms with van der Waals surface area (Å²) < 4.78 is 5.45. The molecule has 0 radical (unpaired) electrons. The van der Waals surface area contributed by atoms with Crippen LogP contribution in [0.5, 0.6) is 0 Å². The molecule has 2 aromatic rings. The predicted molar refractivity (Wildman–Crippen MR) is 84.3 cm³/mol. The SMILES string of the molecule is CCC[C@@]1(C)NC(=O)N(Cc2coc(-c3ccccc3)n2)C1=O. The summed E-state index contributed by atoms with van der Waals surface area (Å²) in [7, 11) is 0. The molecule has 1 aromatic heterocycles. The summed E-state index contributed by atoms with van der Waals surface area (Å²) in [6, 6.07) is 9.10. The fourth-order valence-electron chi connectivity index (χ4n) is 2.82. The van der Waals surface area contributed by atoms with Crippen LogP contribution >= 0.6 is 0 Å². The van der Waals surface area contributed by atoms with Crippen molar-refractivity contribution in [3.05, 3.63) is 42.3 Å². The third kappa shape index (κ3) is 2.84. The number of nitrogens with zero attached hydrogens (tertiary/aromatic N) is 2. The predicted octanol–water partition coefficient (Wildman–Crippen LogP) is 2.95. The lowest BCUT2D eigenvalue weighted by molar-refractivity contribution is -0.131. The Hall–Kier alpha value is -2.63. The minimum atomic E-state index is -0.822. The maximum atomic E-state index is 12.5. The van der Waals surface area contributed by atoms with Crippen molar-refractivity contribution >= 4 is 11.9 Å². The van der Waals surface area contributed by atoms with Crippen LogP contribution in [0.3, 0.4) is 0 Å². The molecule has 1 aromatic carbocycles. The Morgan fingerprint density at radius 2 is 2.00 bits per heavy atom. The van der Waals surface area contributed by atoms with E-state index in [2.05, 4.69) is 10.3 Å². The second-order valence-corrected chi connectivity index (χ2v) is 5.91. The molecule has 2 heterocycles. The Labute approximate surface area is 134 Å². The number of aromatic nitrogens is 1. The molecular weight excluding hydrogens is 294 g/mol. The molecule has 0 saturated carbocycles. The summed E-state index contributed by atoms with van der Waals surface area (Å²) in [4.78, 5) is 30.1. The number of hydrogen-bond acceptors (Lipinski definition) is 4. The number of amides is 3. The largest absolute Gasteiger partial charge is 0.444 e. The van der Waals surface area contributed by atoms with Crippen LogP contribution in [0.1, 0.15) is 32.4 Å². The molecule has 6 heteroatoms. The molecule has 23 heavy (non-hydrogen) atoms. The minimum Gasteiger partial charge on any atom is -0.444 e. The number of benzene rings is 1. The Morgan fingerprint density at radius 1 is 1.26 bits per heavy atom. The second kappa shape index (κ2) is 5.87. The topological polar surface area (TPSA) is 75.4 Å². The summed E-state index contributed by atoms with van der Waals surface area (Å²) >= 11 is 0. The van der Waals surface area contributed by atoms with Gasteiger partial charge in [0.1, 0.15) is 11.8 Å². The maximum absolute atomic E-state index is 12.5. The summed E-state index contributed by atoms with van der Waals surface area (Å²) in [5, 5.41) is 2.77. The number of urea groups is 1. The Balaban J connectivity index is 1.77. The van der Waals surface area contributed by atoms with Gasteiger partial charge in [0.25, 0.3) is 5.91 Å². The van der Waals surface area contributed by atoms with Crippen LogP contribution in [0.2, 0.25) is 0 Å². The maximum Gasteiger partial charge on any atom is 0.325 e. The van der Waals surface area contributed by atoms with Crippen LogP contribution in [0.15, 0.2) is 41.0 Å². The zero-order valence-electron chi connectivity index (χ0n) is 13.2. The van der Waals surface area contributed by atoms with Crippen LogP contribution in [0.4, 0.5) is 4.79 Å². The molecule has 6 nitrogen and oxygen atoms in total. The van der Waals surface area contributed by atoms with Crippen molar-refractivity contribution in [3.63, 3.8) is 0 Å². The number of nitrogens with one attached hydrogen (secondary N) is 1. The molecule has 1 N–H and O–H groups in total. The third-order valence-electron chi connectivity index (χ3n) is 3.99. The molecule has 0 aliphatic carbocycles. The van der Waals surface area contributed by atoms with Crippen molar-refractivity contribution in [1.29, 1.82) is 0 Å². The number of imide groups is 1. The second-order valence-electron chi connectivity index (χ2n) is 5.91. The Morgan fingerprint density at radius 3 is 2.70 bits per heavy atom. The molecule has 1 saturated heterocycles. The molecule has 1 aliphatic heterocycles. The molecule has 1 aliphatic rings. The van der Waals surface area contributed by atoms with Crippen LogP contribution in [-0.2, 0) is 11.3 Å². The normalized spacial score (nSPS) is 20.9. The van der Waals surface area contributed by atoms with Crippen LogP contribution in [0.25, 0.3) is 11.5 Å². The van der Waals surface area contributed by atoms with Gasteiger partial charge in [0.2, 0.25) is 5.89 Å². The summed E-state index contributed by atoms with van der Waals surface area (Å²) in [5.74, 6) is 0.262. The van der Waals surface area contributed by atoms with Gasteiger partial charge in [0.15, 0.2) is 0 Å².